The van der Waals surface area contributed by atoms with E-state index in [1.165, 1.54) is 18.2 Å². The molecule has 0 aliphatic heterocycles. The number of benzene rings is 3. The molecule has 0 fully saturated rings. The largest absolute Gasteiger partial charge is 0.534 e. The first kappa shape index (κ1) is 15.8. The van der Waals surface area contributed by atoms with Gasteiger partial charge in [0.2, 0.25) is 0 Å². The van der Waals surface area contributed by atoms with E-state index in [2.05, 4.69) is 4.18 Å². The lowest BCUT2D eigenvalue weighted by molar-refractivity contribution is -0.0499. The zero-order valence-corrected chi connectivity index (χ0v) is 13.2. The van der Waals surface area contributed by atoms with E-state index in [1.807, 2.05) is 12.1 Å². The number of halogens is 3. The highest BCUT2D eigenvalue weighted by Gasteiger charge is 2.48. The number of fused-ring (bicyclic) bond motifs is 5. The summed E-state index contributed by atoms with van der Waals surface area (Å²) in [6.07, 6.45) is 0. The van der Waals surface area contributed by atoms with Gasteiger partial charge in [-0.05, 0) is 24.3 Å². The maximum absolute atomic E-state index is 12.6. The molecule has 1 heterocycles. The van der Waals surface area contributed by atoms with Gasteiger partial charge < -0.3 is 8.60 Å². The van der Waals surface area contributed by atoms with E-state index in [0.717, 1.165) is 10.8 Å². The van der Waals surface area contributed by atoms with Crippen molar-refractivity contribution in [3.05, 3.63) is 54.6 Å². The molecule has 0 saturated heterocycles. The predicted octanol–water partition coefficient (Wildman–Crippen LogP) is 4.97. The minimum atomic E-state index is -5.75. The molecule has 0 radical (unpaired) electrons. The minimum absolute atomic E-state index is 0.210. The van der Waals surface area contributed by atoms with E-state index in [1.54, 1.807) is 24.3 Å². The summed E-state index contributed by atoms with van der Waals surface area (Å²) >= 11 is 0. The summed E-state index contributed by atoms with van der Waals surface area (Å²) in [7, 11) is -5.75. The standard InChI is InChI=1S/C17H9F3O4S/c18-17(19,20)25(21,22)24-15-7-3-5-12-11(15)8-9-13-10-4-1-2-6-14(10)23-16(12)13/h1-9H. The fourth-order valence-electron chi connectivity index (χ4n) is 2.75. The van der Waals surface area contributed by atoms with Gasteiger partial charge in [0.05, 0.1) is 0 Å². The number of hydrogen-bond donors (Lipinski definition) is 0. The lowest BCUT2D eigenvalue weighted by atomic mass is 10.1. The number of alkyl halides is 3. The Morgan fingerprint density at radius 3 is 2.20 bits per heavy atom. The zero-order chi connectivity index (χ0) is 17.8. The maximum atomic E-state index is 12.6. The molecule has 0 saturated carbocycles. The Labute approximate surface area is 139 Å². The van der Waals surface area contributed by atoms with Crippen molar-refractivity contribution in [1.29, 1.82) is 0 Å². The van der Waals surface area contributed by atoms with E-state index in [9.17, 15) is 21.6 Å². The fourth-order valence-corrected chi connectivity index (χ4v) is 3.23. The van der Waals surface area contributed by atoms with Gasteiger partial charge in [0.1, 0.15) is 11.2 Å². The van der Waals surface area contributed by atoms with E-state index < -0.39 is 21.4 Å². The molecule has 1 aromatic heterocycles. The van der Waals surface area contributed by atoms with Gasteiger partial charge >= 0.3 is 15.6 Å². The van der Waals surface area contributed by atoms with Crippen LogP contribution in [-0.4, -0.2) is 13.9 Å². The SMILES string of the molecule is O=S(=O)(Oc1cccc2c1ccc1c3ccccc3oc21)C(F)(F)F. The molecule has 8 heteroatoms. The molecule has 0 unspecified atom stereocenters. The van der Waals surface area contributed by atoms with Crippen molar-refractivity contribution in [3.8, 4) is 5.75 Å². The van der Waals surface area contributed by atoms with Crippen molar-refractivity contribution in [2.45, 2.75) is 5.51 Å². The molecule has 4 aromatic rings. The van der Waals surface area contributed by atoms with Crippen LogP contribution in [0.2, 0.25) is 0 Å². The Balaban J connectivity index is 1.98. The summed E-state index contributed by atoms with van der Waals surface area (Å²) in [5.41, 5.74) is -4.42. The van der Waals surface area contributed by atoms with Crippen LogP contribution in [-0.2, 0) is 10.1 Å². The van der Waals surface area contributed by atoms with Crippen molar-refractivity contribution >= 4 is 42.8 Å². The highest BCUT2D eigenvalue weighted by Crippen LogP contribution is 2.38. The summed E-state index contributed by atoms with van der Waals surface area (Å²) in [6.45, 7) is 0. The van der Waals surface area contributed by atoms with Crippen molar-refractivity contribution in [2.24, 2.45) is 0 Å². The van der Waals surface area contributed by atoms with Gasteiger partial charge in [0, 0.05) is 21.5 Å². The van der Waals surface area contributed by atoms with E-state index >= 15 is 0 Å². The molecule has 3 aromatic carbocycles. The second kappa shape index (κ2) is 5.13. The number of furan rings is 1. The topological polar surface area (TPSA) is 56.5 Å². The lowest BCUT2D eigenvalue weighted by Crippen LogP contribution is -2.28. The summed E-state index contributed by atoms with van der Waals surface area (Å²) < 4.78 is 70.4. The molecule has 0 aliphatic rings. The van der Waals surface area contributed by atoms with Crippen LogP contribution in [0.5, 0.6) is 5.75 Å². The van der Waals surface area contributed by atoms with Gasteiger partial charge in [-0.25, -0.2) is 0 Å². The molecule has 0 spiro atoms. The van der Waals surface area contributed by atoms with Gasteiger partial charge in [-0.3, -0.25) is 0 Å². The van der Waals surface area contributed by atoms with E-state index in [-0.39, 0.29) is 5.39 Å². The smallest absolute Gasteiger partial charge is 0.455 e. The van der Waals surface area contributed by atoms with Crippen LogP contribution in [0.25, 0.3) is 32.7 Å². The van der Waals surface area contributed by atoms with Gasteiger partial charge in [-0.1, -0.05) is 30.3 Å². The first-order chi connectivity index (χ1) is 11.8. The molecule has 0 aliphatic carbocycles. The van der Waals surface area contributed by atoms with Crippen LogP contribution >= 0.6 is 0 Å². The normalized spacial score (nSPS) is 12.9. The third-order valence-electron chi connectivity index (χ3n) is 3.84. The Hall–Kier alpha value is -2.74. The van der Waals surface area contributed by atoms with Gasteiger partial charge in [0.25, 0.3) is 0 Å². The average molecular weight is 366 g/mol. The predicted molar refractivity (Wildman–Crippen MR) is 86.8 cm³/mol. The molecule has 0 amide bonds. The van der Waals surface area contributed by atoms with Crippen LogP contribution in [0, 0.1) is 0 Å². The van der Waals surface area contributed by atoms with Gasteiger partial charge in [0.15, 0.2) is 5.75 Å². The van der Waals surface area contributed by atoms with Crippen LogP contribution < -0.4 is 4.18 Å². The third-order valence-corrected chi connectivity index (χ3v) is 4.81. The van der Waals surface area contributed by atoms with Crippen LogP contribution in [0.3, 0.4) is 0 Å². The monoisotopic (exact) mass is 366 g/mol. The Morgan fingerprint density at radius 1 is 0.800 bits per heavy atom. The quantitative estimate of drug-likeness (QED) is 0.371. The lowest BCUT2D eigenvalue weighted by Gasteiger charge is -2.11. The average Bonchev–Trinajstić information content (AvgIpc) is 2.93. The molecule has 25 heavy (non-hydrogen) atoms. The summed E-state index contributed by atoms with van der Waals surface area (Å²) in [4.78, 5) is 0. The van der Waals surface area contributed by atoms with Crippen LogP contribution in [0.15, 0.2) is 59.0 Å². The Kier molecular flexibility index (Phi) is 3.23. The second-order valence-corrected chi connectivity index (χ2v) is 6.91. The maximum Gasteiger partial charge on any atom is 0.534 e. The van der Waals surface area contributed by atoms with Crippen molar-refractivity contribution < 1.29 is 30.2 Å². The van der Waals surface area contributed by atoms with Gasteiger partial charge in [-0.2, -0.15) is 21.6 Å². The zero-order valence-electron chi connectivity index (χ0n) is 12.4. The number of hydrogen-bond acceptors (Lipinski definition) is 4. The molecule has 0 N–H and O–H groups in total. The van der Waals surface area contributed by atoms with Gasteiger partial charge in [-0.15, -0.1) is 0 Å². The second-order valence-electron chi connectivity index (χ2n) is 5.37. The molecule has 4 rings (SSSR count). The third kappa shape index (κ3) is 2.41. The van der Waals surface area contributed by atoms with Crippen LogP contribution in [0.1, 0.15) is 0 Å². The Bertz CT molecular complexity index is 1220. The first-order valence-corrected chi connectivity index (χ1v) is 8.52. The minimum Gasteiger partial charge on any atom is -0.455 e. The van der Waals surface area contributed by atoms with Crippen molar-refractivity contribution in [1.82, 2.24) is 0 Å². The summed E-state index contributed by atoms with van der Waals surface area (Å²) in [6, 6.07) is 14.7. The fraction of sp³-hybridized carbons (Fsp3) is 0.0588. The molecule has 4 nitrogen and oxygen atoms in total. The molecular weight excluding hydrogens is 357 g/mol. The molecular formula is C17H9F3O4S. The van der Waals surface area contributed by atoms with E-state index in [0.29, 0.717) is 16.6 Å². The molecule has 0 atom stereocenters. The van der Waals surface area contributed by atoms with Crippen LogP contribution in [0.4, 0.5) is 13.2 Å². The summed E-state index contributed by atoms with van der Waals surface area (Å²) in [5, 5.41) is 2.30. The van der Waals surface area contributed by atoms with E-state index in [4.69, 9.17) is 4.42 Å². The first-order valence-electron chi connectivity index (χ1n) is 7.12. The number of para-hydroxylation sites is 1. The summed E-state index contributed by atoms with van der Waals surface area (Å²) in [5.74, 6) is -0.405. The highest BCUT2D eigenvalue weighted by atomic mass is 32.2. The number of rotatable bonds is 2. The molecule has 128 valence electrons. The Morgan fingerprint density at radius 2 is 1.44 bits per heavy atom. The highest BCUT2D eigenvalue weighted by molar-refractivity contribution is 7.88. The molecule has 0 bridgehead atoms. The van der Waals surface area contributed by atoms with Crippen molar-refractivity contribution in [2.75, 3.05) is 0 Å². The van der Waals surface area contributed by atoms with Crippen molar-refractivity contribution in [3.63, 3.8) is 0 Å².